The molecule has 112 valence electrons. The number of aromatic nitrogens is 1. The molecule has 2 aromatic rings. The van der Waals surface area contributed by atoms with Crippen LogP contribution < -0.4 is 10.1 Å². The molecule has 0 saturated carbocycles. The van der Waals surface area contributed by atoms with E-state index in [4.69, 9.17) is 16.3 Å². The number of ether oxygens (including phenoxy) is 1. The first-order chi connectivity index (χ1) is 10.1. The molecule has 2 rings (SSSR count). The number of hydrogen-bond acceptors (Lipinski definition) is 3. The number of nitrogens with one attached hydrogen (secondary N) is 1. The maximum atomic E-state index is 13.7. The van der Waals surface area contributed by atoms with E-state index in [1.165, 1.54) is 6.07 Å². The van der Waals surface area contributed by atoms with Crippen molar-refractivity contribution in [2.45, 2.75) is 33.0 Å². The Hall–Kier alpha value is -1.65. The Balaban J connectivity index is 1.97. The van der Waals surface area contributed by atoms with Gasteiger partial charge in [-0.05, 0) is 32.0 Å². The molecule has 0 unspecified atom stereocenters. The van der Waals surface area contributed by atoms with E-state index in [1.807, 2.05) is 26.0 Å². The third-order valence-electron chi connectivity index (χ3n) is 2.84. The number of hydrogen-bond donors (Lipinski definition) is 1. The largest absolute Gasteiger partial charge is 0.475 e. The smallest absolute Gasteiger partial charge is 0.218 e. The molecule has 1 heterocycles. The molecule has 1 aromatic heterocycles. The standard InChI is InChI=1S/C16H18ClFN2O/c1-11(2)21-16-13(4-3-7-20-16)10-19-9-12-5-6-14(17)8-15(12)18/h3-8,11,19H,9-10H2,1-2H3. The molecule has 5 heteroatoms. The second-order valence-corrected chi connectivity index (χ2v) is 5.41. The first kappa shape index (κ1) is 15.7. The van der Waals surface area contributed by atoms with Crippen LogP contribution in [0.2, 0.25) is 5.02 Å². The monoisotopic (exact) mass is 308 g/mol. The first-order valence-corrected chi connectivity index (χ1v) is 7.19. The minimum atomic E-state index is -0.306. The summed E-state index contributed by atoms with van der Waals surface area (Å²) in [5, 5.41) is 3.59. The molecular weight excluding hydrogens is 291 g/mol. The highest BCUT2D eigenvalue weighted by atomic mass is 35.5. The zero-order valence-electron chi connectivity index (χ0n) is 12.1. The lowest BCUT2D eigenvalue weighted by molar-refractivity contribution is 0.229. The normalized spacial score (nSPS) is 10.9. The fourth-order valence-electron chi connectivity index (χ4n) is 1.88. The first-order valence-electron chi connectivity index (χ1n) is 6.81. The van der Waals surface area contributed by atoms with Crippen LogP contribution in [0.5, 0.6) is 5.88 Å². The predicted molar refractivity (Wildman–Crippen MR) is 82.0 cm³/mol. The number of rotatable bonds is 6. The predicted octanol–water partition coefficient (Wildman–Crippen LogP) is 3.95. The van der Waals surface area contributed by atoms with Gasteiger partial charge in [0.15, 0.2) is 0 Å². The van der Waals surface area contributed by atoms with Gasteiger partial charge in [0.1, 0.15) is 5.82 Å². The lowest BCUT2D eigenvalue weighted by Gasteiger charge is -2.13. The molecule has 0 amide bonds. The second-order valence-electron chi connectivity index (χ2n) is 4.97. The molecule has 3 nitrogen and oxygen atoms in total. The zero-order chi connectivity index (χ0) is 15.2. The summed E-state index contributed by atoms with van der Waals surface area (Å²) in [6.45, 7) is 4.88. The van der Waals surface area contributed by atoms with Crippen molar-refractivity contribution < 1.29 is 9.13 Å². The molecule has 0 spiro atoms. The van der Waals surface area contributed by atoms with Gasteiger partial charge in [0, 0.05) is 35.4 Å². The fraction of sp³-hybridized carbons (Fsp3) is 0.312. The van der Waals surface area contributed by atoms with Crippen LogP contribution in [0.1, 0.15) is 25.0 Å². The minimum absolute atomic E-state index is 0.0624. The lowest BCUT2D eigenvalue weighted by Crippen LogP contribution is -2.16. The van der Waals surface area contributed by atoms with Crippen LogP contribution in [0.15, 0.2) is 36.5 Å². The Morgan fingerprint density at radius 2 is 2.00 bits per heavy atom. The van der Waals surface area contributed by atoms with Crippen molar-refractivity contribution in [3.63, 3.8) is 0 Å². The van der Waals surface area contributed by atoms with Crippen LogP contribution in [-0.2, 0) is 13.1 Å². The van der Waals surface area contributed by atoms with Crippen LogP contribution in [0.4, 0.5) is 4.39 Å². The topological polar surface area (TPSA) is 34.1 Å². The number of benzene rings is 1. The van der Waals surface area contributed by atoms with Gasteiger partial charge in [0.05, 0.1) is 6.10 Å². The van der Waals surface area contributed by atoms with Crippen molar-refractivity contribution in [3.8, 4) is 5.88 Å². The van der Waals surface area contributed by atoms with Gasteiger partial charge in [-0.25, -0.2) is 9.37 Å². The summed E-state index contributed by atoms with van der Waals surface area (Å²) in [5.74, 6) is 0.302. The van der Waals surface area contributed by atoms with Crippen LogP contribution in [0, 0.1) is 5.82 Å². The number of nitrogens with zero attached hydrogens (tertiary/aromatic N) is 1. The van der Waals surface area contributed by atoms with Crippen molar-refractivity contribution in [2.24, 2.45) is 0 Å². The molecule has 0 atom stereocenters. The lowest BCUT2D eigenvalue weighted by atomic mass is 10.2. The fourth-order valence-corrected chi connectivity index (χ4v) is 2.04. The van der Waals surface area contributed by atoms with Crippen LogP contribution >= 0.6 is 11.6 Å². The summed E-state index contributed by atoms with van der Waals surface area (Å²) in [4.78, 5) is 4.22. The second kappa shape index (κ2) is 7.38. The average molecular weight is 309 g/mol. The third kappa shape index (κ3) is 4.69. The number of pyridine rings is 1. The molecule has 0 aliphatic carbocycles. The van der Waals surface area contributed by atoms with Crippen molar-refractivity contribution in [2.75, 3.05) is 0 Å². The van der Waals surface area contributed by atoms with Gasteiger partial charge in [-0.2, -0.15) is 0 Å². The molecule has 1 aromatic carbocycles. The number of halogens is 2. The SMILES string of the molecule is CC(C)Oc1ncccc1CNCc1ccc(Cl)cc1F. The highest BCUT2D eigenvalue weighted by Crippen LogP contribution is 2.17. The molecule has 0 aliphatic heterocycles. The van der Waals surface area contributed by atoms with Gasteiger partial charge in [-0.1, -0.05) is 23.7 Å². The molecule has 0 aliphatic rings. The molecular formula is C16H18ClFN2O. The Bertz CT molecular complexity index is 605. The maximum Gasteiger partial charge on any atom is 0.218 e. The molecule has 0 fully saturated rings. The van der Waals surface area contributed by atoms with E-state index in [-0.39, 0.29) is 11.9 Å². The maximum absolute atomic E-state index is 13.7. The molecule has 0 bridgehead atoms. The van der Waals surface area contributed by atoms with E-state index in [9.17, 15) is 4.39 Å². The molecule has 0 saturated heterocycles. The third-order valence-corrected chi connectivity index (χ3v) is 3.08. The van der Waals surface area contributed by atoms with Gasteiger partial charge in [0.25, 0.3) is 0 Å². The van der Waals surface area contributed by atoms with E-state index >= 15 is 0 Å². The van der Waals surface area contributed by atoms with Crippen molar-refractivity contribution >= 4 is 11.6 Å². The highest BCUT2D eigenvalue weighted by molar-refractivity contribution is 6.30. The van der Waals surface area contributed by atoms with E-state index < -0.39 is 0 Å². The molecule has 1 N–H and O–H groups in total. The van der Waals surface area contributed by atoms with E-state index in [0.717, 1.165) is 5.56 Å². The van der Waals surface area contributed by atoms with Crippen LogP contribution in [0.3, 0.4) is 0 Å². The van der Waals surface area contributed by atoms with Crippen LogP contribution in [-0.4, -0.2) is 11.1 Å². The van der Waals surface area contributed by atoms with E-state index in [0.29, 0.717) is 29.6 Å². The Labute approximate surface area is 129 Å². The summed E-state index contributed by atoms with van der Waals surface area (Å²) in [5.41, 5.74) is 1.52. The summed E-state index contributed by atoms with van der Waals surface area (Å²) < 4.78 is 19.3. The summed E-state index contributed by atoms with van der Waals surface area (Å²) in [7, 11) is 0. The summed E-state index contributed by atoms with van der Waals surface area (Å²) in [6, 6.07) is 8.47. The van der Waals surface area contributed by atoms with Gasteiger partial charge < -0.3 is 10.1 Å². The van der Waals surface area contributed by atoms with Gasteiger partial charge in [-0.3, -0.25) is 0 Å². The highest BCUT2D eigenvalue weighted by Gasteiger charge is 2.07. The summed E-state index contributed by atoms with van der Waals surface area (Å²) in [6.07, 6.45) is 1.76. The Morgan fingerprint density at radius 3 is 2.71 bits per heavy atom. The van der Waals surface area contributed by atoms with E-state index in [1.54, 1.807) is 18.3 Å². The Morgan fingerprint density at radius 1 is 1.24 bits per heavy atom. The molecule has 21 heavy (non-hydrogen) atoms. The zero-order valence-corrected chi connectivity index (χ0v) is 12.8. The van der Waals surface area contributed by atoms with Gasteiger partial charge in [-0.15, -0.1) is 0 Å². The Kier molecular flexibility index (Phi) is 5.53. The quantitative estimate of drug-likeness (QED) is 0.877. The summed E-state index contributed by atoms with van der Waals surface area (Å²) >= 11 is 5.73. The van der Waals surface area contributed by atoms with Gasteiger partial charge >= 0.3 is 0 Å². The van der Waals surface area contributed by atoms with Crippen molar-refractivity contribution in [1.29, 1.82) is 0 Å². The van der Waals surface area contributed by atoms with Crippen molar-refractivity contribution in [3.05, 3.63) is 58.5 Å². The average Bonchev–Trinajstić information content (AvgIpc) is 2.42. The van der Waals surface area contributed by atoms with Crippen LogP contribution in [0.25, 0.3) is 0 Å². The molecule has 0 radical (unpaired) electrons. The van der Waals surface area contributed by atoms with E-state index in [2.05, 4.69) is 10.3 Å². The van der Waals surface area contributed by atoms with Crippen molar-refractivity contribution in [1.82, 2.24) is 10.3 Å². The minimum Gasteiger partial charge on any atom is -0.475 e. The van der Waals surface area contributed by atoms with Gasteiger partial charge in [0.2, 0.25) is 5.88 Å².